The summed E-state index contributed by atoms with van der Waals surface area (Å²) in [4.78, 5) is 42.4. The molecule has 12 heteroatoms. The molecule has 0 saturated carbocycles. The van der Waals surface area contributed by atoms with Crippen LogP contribution in [0.5, 0.6) is 0 Å². The lowest BCUT2D eigenvalue weighted by Gasteiger charge is -2.51. The van der Waals surface area contributed by atoms with Crippen LogP contribution in [0.25, 0.3) is 0 Å². The fourth-order valence-electron chi connectivity index (χ4n) is 8.33. The Morgan fingerprint density at radius 1 is 0.685 bits per heavy atom. The van der Waals surface area contributed by atoms with Gasteiger partial charge in [0.25, 0.3) is 0 Å². The van der Waals surface area contributed by atoms with E-state index in [1.807, 2.05) is 30.7 Å². The molecule has 0 radical (unpaired) electrons. The first-order chi connectivity index (χ1) is 25.6. The topological polar surface area (TPSA) is 109 Å². The SMILES string of the molecule is C.Fc1cccc(F)c1.N[C@@H]1C2CCN(CC2)[C@H]1Cc1cccnc1.O=C(C[C@@H]1C2CCN(CC2)[C@H]1Cc1cccnc1)c1cc(F)cc(F)c1.O=C=O. The number of pyridine rings is 2. The van der Waals surface area contributed by atoms with Crippen LogP contribution < -0.4 is 5.73 Å². The zero-order chi connectivity index (χ0) is 37.7. The highest BCUT2D eigenvalue weighted by Crippen LogP contribution is 2.41. The maximum atomic E-state index is 13.5. The van der Waals surface area contributed by atoms with Gasteiger partial charge < -0.3 is 5.73 Å². The normalized spacial score (nSPS) is 25.9. The number of aromatic nitrogens is 2. The van der Waals surface area contributed by atoms with E-state index in [2.05, 4.69) is 31.9 Å². The molecule has 2 aromatic heterocycles. The number of rotatable bonds is 7. The number of benzene rings is 2. The van der Waals surface area contributed by atoms with Gasteiger partial charge in [-0.2, -0.15) is 9.59 Å². The minimum absolute atomic E-state index is 0. The molecule has 8 heterocycles. The molecular formula is C42H49F4N5O3. The Morgan fingerprint density at radius 2 is 1.15 bits per heavy atom. The van der Waals surface area contributed by atoms with Crippen molar-refractivity contribution in [2.75, 3.05) is 26.2 Å². The largest absolute Gasteiger partial charge is 0.373 e. The van der Waals surface area contributed by atoms with Crippen molar-refractivity contribution in [3.05, 3.63) is 131 Å². The predicted molar refractivity (Wildman–Crippen MR) is 197 cm³/mol. The molecule has 4 atom stereocenters. The summed E-state index contributed by atoms with van der Waals surface area (Å²) in [7, 11) is 0. The average molecular weight is 748 g/mol. The Hall–Kier alpha value is -4.61. The maximum Gasteiger partial charge on any atom is 0.373 e. The summed E-state index contributed by atoms with van der Waals surface area (Å²) >= 11 is 0. The fraction of sp³-hybridized carbons (Fsp3) is 0.429. The zero-order valence-corrected chi connectivity index (χ0v) is 29.5. The number of fused-ring (bicyclic) bond motifs is 6. The zero-order valence-electron chi connectivity index (χ0n) is 29.5. The molecule has 4 aromatic rings. The van der Waals surface area contributed by atoms with E-state index in [-0.39, 0.29) is 36.9 Å². The molecule has 6 fully saturated rings. The van der Waals surface area contributed by atoms with Crippen molar-refractivity contribution >= 4 is 11.9 Å². The van der Waals surface area contributed by atoms with E-state index >= 15 is 0 Å². The number of hydrogen-bond acceptors (Lipinski definition) is 8. The molecule has 8 nitrogen and oxygen atoms in total. The van der Waals surface area contributed by atoms with Crippen LogP contribution in [-0.4, -0.2) is 76.0 Å². The second-order valence-corrected chi connectivity index (χ2v) is 14.1. The molecular weight excluding hydrogens is 698 g/mol. The highest BCUT2D eigenvalue weighted by atomic mass is 19.1. The van der Waals surface area contributed by atoms with E-state index < -0.39 is 23.3 Å². The van der Waals surface area contributed by atoms with E-state index in [4.69, 9.17) is 15.3 Å². The Kier molecular flexibility index (Phi) is 16.2. The molecule has 10 rings (SSSR count). The van der Waals surface area contributed by atoms with Gasteiger partial charge >= 0.3 is 6.15 Å². The third-order valence-corrected chi connectivity index (χ3v) is 10.9. The minimum Gasteiger partial charge on any atom is -0.326 e. The van der Waals surface area contributed by atoms with Gasteiger partial charge in [0.1, 0.15) is 23.3 Å². The number of nitrogens with two attached hydrogens (primary N) is 1. The van der Waals surface area contributed by atoms with Crippen LogP contribution in [-0.2, 0) is 22.4 Å². The van der Waals surface area contributed by atoms with Crippen LogP contribution in [0.2, 0.25) is 0 Å². The summed E-state index contributed by atoms with van der Waals surface area (Å²) < 4.78 is 50.8. The summed E-state index contributed by atoms with van der Waals surface area (Å²) in [6, 6.07) is 17.0. The van der Waals surface area contributed by atoms with Gasteiger partial charge in [0, 0.05) is 67.0 Å². The quantitative estimate of drug-likeness (QED) is 0.160. The molecule has 6 aliphatic rings. The predicted octanol–water partition coefficient (Wildman–Crippen LogP) is 6.95. The molecule has 2 N–H and O–H groups in total. The van der Waals surface area contributed by atoms with Gasteiger partial charge in [-0.05, 0) is 130 Å². The number of ketones is 1. The third-order valence-electron chi connectivity index (χ3n) is 10.9. The number of Topliss-reactive ketones (excluding diaryl/α,β-unsaturated/α-hetero) is 1. The number of piperidine rings is 6. The van der Waals surface area contributed by atoms with Crippen LogP contribution in [0.15, 0.2) is 91.5 Å². The fourth-order valence-corrected chi connectivity index (χ4v) is 8.33. The molecule has 0 amide bonds. The van der Waals surface area contributed by atoms with Gasteiger partial charge in [-0.1, -0.05) is 25.6 Å². The molecule has 0 aliphatic carbocycles. The molecule has 6 aliphatic heterocycles. The summed E-state index contributed by atoms with van der Waals surface area (Å²) in [5, 5.41) is 0. The summed E-state index contributed by atoms with van der Waals surface area (Å²) in [6.07, 6.45) is 14.7. The van der Waals surface area contributed by atoms with Gasteiger partial charge in [0.2, 0.25) is 0 Å². The first-order valence-corrected chi connectivity index (χ1v) is 18.1. The molecule has 288 valence electrons. The Morgan fingerprint density at radius 3 is 1.59 bits per heavy atom. The Labute approximate surface area is 314 Å². The molecule has 2 aromatic carbocycles. The van der Waals surface area contributed by atoms with Gasteiger partial charge in [-0.15, -0.1) is 0 Å². The standard InChI is InChI=1S/C21H22F2N2O.C13H19N3.C6H4F2.CO2.CH4/c22-17-9-16(10-18(23)11-17)21(26)12-19-15-3-6-25(7-4-15)20(19)8-14-2-1-5-24-13-14;14-13-11-3-6-16(7-4-11)12(13)8-10-2-1-5-15-9-10;7-5-2-1-3-6(8)4-5;2-1-3;/h1-2,5,9-11,13,15,19-20H,3-4,6-8,12H2;1-2,5,9,11-13H,3-4,6-8,14H2;1-4H;;1H4/t19-,20+;12-,13+;;;/m10.../s1. The molecule has 4 bridgehead atoms. The number of halogens is 4. The minimum atomic E-state index is -0.700. The van der Waals surface area contributed by atoms with Gasteiger partial charge in [0.05, 0.1) is 0 Å². The van der Waals surface area contributed by atoms with Gasteiger partial charge in [-0.3, -0.25) is 24.6 Å². The van der Waals surface area contributed by atoms with E-state index in [1.165, 1.54) is 55.3 Å². The maximum absolute atomic E-state index is 13.5. The Balaban J connectivity index is 0.000000196. The van der Waals surface area contributed by atoms with Gasteiger partial charge in [-0.25, -0.2) is 17.6 Å². The second kappa shape index (κ2) is 20.7. The van der Waals surface area contributed by atoms with Crippen molar-refractivity contribution in [2.24, 2.45) is 23.5 Å². The monoisotopic (exact) mass is 747 g/mol. The van der Waals surface area contributed by atoms with Crippen molar-refractivity contribution in [3.63, 3.8) is 0 Å². The summed E-state index contributed by atoms with van der Waals surface area (Å²) in [5.74, 6) is -1.16. The second-order valence-electron chi connectivity index (χ2n) is 14.1. The highest BCUT2D eigenvalue weighted by Gasteiger charge is 2.43. The lowest BCUT2D eigenvalue weighted by Crippen LogP contribution is -2.61. The first-order valence-electron chi connectivity index (χ1n) is 18.1. The first kappa shape index (κ1) is 42.1. The van der Waals surface area contributed by atoms with Crippen molar-refractivity contribution in [1.29, 1.82) is 0 Å². The molecule has 54 heavy (non-hydrogen) atoms. The molecule has 0 unspecified atom stereocenters. The number of carbonyl (C=O) groups is 1. The van der Waals surface area contributed by atoms with E-state index in [1.54, 1.807) is 6.20 Å². The smallest absolute Gasteiger partial charge is 0.326 e. The Bertz CT molecular complexity index is 1740. The molecule has 0 spiro atoms. The number of carbonyl (C=O) groups excluding carboxylic acids is 3. The molecule has 6 saturated heterocycles. The van der Waals surface area contributed by atoms with Crippen molar-refractivity contribution in [1.82, 2.24) is 19.8 Å². The summed E-state index contributed by atoms with van der Waals surface area (Å²) in [5.41, 5.74) is 8.97. The lowest BCUT2D eigenvalue weighted by atomic mass is 9.70. The summed E-state index contributed by atoms with van der Waals surface area (Å²) in [6.45, 7) is 4.61. The highest BCUT2D eigenvalue weighted by molar-refractivity contribution is 5.96. The lowest BCUT2D eigenvalue weighted by molar-refractivity contribution is -0.191. The van der Waals surface area contributed by atoms with Crippen LogP contribution in [0, 0.1) is 41.0 Å². The van der Waals surface area contributed by atoms with Crippen LogP contribution >= 0.6 is 0 Å². The van der Waals surface area contributed by atoms with Crippen LogP contribution in [0.1, 0.15) is 61.0 Å². The third kappa shape index (κ3) is 11.7. The van der Waals surface area contributed by atoms with Crippen molar-refractivity contribution in [2.45, 2.75) is 70.5 Å². The number of hydrogen-bond donors (Lipinski definition) is 1. The van der Waals surface area contributed by atoms with E-state index in [0.717, 1.165) is 69.0 Å². The van der Waals surface area contributed by atoms with Crippen LogP contribution in [0.3, 0.4) is 0 Å². The van der Waals surface area contributed by atoms with E-state index in [0.29, 0.717) is 24.4 Å². The van der Waals surface area contributed by atoms with Crippen molar-refractivity contribution < 1.29 is 31.9 Å². The van der Waals surface area contributed by atoms with Crippen LogP contribution in [0.4, 0.5) is 17.6 Å². The van der Waals surface area contributed by atoms with E-state index in [9.17, 15) is 22.4 Å². The number of nitrogens with zero attached hydrogens (tertiary/aromatic N) is 4. The average Bonchev–Trinajstić information content (AvgIpc) is 3.16. The van der Waals surface area contributed by atoms with Gasteiger partial charge in [0.15, 0.2) is 5.78 Å². The van der Waals surface area contributed by atoms with Crippen molar-refractivity contribution in [3.8, 4) is 0 Å².